The molecule has 0 bridgehead atoms. The summed E-state index contributed by atoms with van der Waals surface area (Å²) < 4.78 is 46.4. The molecule has 0 heterocycles. The van der Waals surface area contributed by atoms with Crippen LogP contribution in [-0.4, -0.2) is 6.36 Å². The molecule has 0 aliphatic heterocycles. The standard InChI is InChI=1S/C16H16F3NO2/c1-11-6-7-12(14(20)8-11)9-21-10-13-4-2-3-5-15(13)22-16(17,18)19/h2-8H,9-10,20H2,1H3. The van der Waals surface area contributed by atoms with E-state index in [0.29, 0.717) is 11.3 Å². The van der Waals surface area contributed by atoms with Gasteiger partial charge in [-0.2, -0.15) is 0 Å². The van der Waals surface area contributed by atoms with Crippen LogP contribution in [0.5, 0.6) is 5.75 Å². The van der Waals surface area contributed by atoms with Crippen molar-refractivity contribution in [1.82, 2.24) is 0 Å². The van der Waals surface area contributed by atoms with Gasteiger partial charge in [-0.1, -0.05) is 30.3 Å². The largest absolute Gasteiger partial charge is 0.573 e. The van der Waals surface area contributed by atoms with E-state index in [0.717, 1.165) is 11.1 Å². The zero-order chi connectivity index (χ0) is 16.2. The molecular formula is C16H16F3NO2. The number of alkyl halides is 3. The first kappa shape index (κ1) is 16.2. The maximum Gasteiger partial charge on any atom is 0.573 e. The number of benzene rings is 2. The van der Waals surface area contributed by atoms with Crippen molar-refractivity contribution in [2.75, 3.05) is 5.73 Å². The predicted molar refractivity (Wildman–Crippen MR) is 77.2 cm³/mol. The number of hydrogen-bond donors (Lipinski definition) is 1. The highest BCUT2D eigenvalue weighted by Gasteiger charge is 2.31. The Kier molecular flexibility index (Phi) is 4.92. The number of nitrogens with two attached hydrogens (primary N) is 1. The molecule has 118 valence electrons. The van der Waals surface area contributed by atoms with Crippen molar-refractivity contribution in [3.05, 3.63) is 59.2 Å². The van der Waals surface area contributed by atoms with Crippen molar-refractivity contribution in [1.29, 1.82) is 0 Å². The van der Waals surface area contributed by atoms with Crippen LogP contribution in [0.25, 0.3) is 0 Å². The topological polar surface area (TPSA) is 44.5 Å². The molecule has 0 amide bonds. The number of halogens is 3. The summed E-state index contributed by atoms with van der Waals surface area (Å²) in [5.74, 6) is -0.258. The van der Waals surface area contributed by atoms with Crippen LogP contribution in [0.15, 0.2) is 42.5 Å². The van der Waals surface area contributed by atoms with Crippen LogP contribution in [-0.2, 0) is 18.0 Å². The molecule has 0 radical (unpaired) electrons. The molecule has 0 spiro atoms. The smallest absolute Gasteiger partial charge is 0.405 e. The number of para-hydroxylation sites is 1. The molecule has 0 aliphatic carbocycles. The molecule has 3 nitrogen and oxygen atoms in total. The molecule has 2 aromatic carbocycles. The van der Waals surface area contributed by atoms with Gasteiger partial charge in [-0.05, 0) is 24.6 Å². The van der Waals surface area contributed by atoms with Gasteiger partial charge in [-0.3, -0.25) is 0 Å². The van der Waals surface area contributed by atoms with Crippen LogP contribution < -0.4 is 10.5 Å². The minimum atomic E-state index is -4.72. The van der Waals surface area contributed by atoms with E-state index >= 15 is 0 Å². The molecule has 0 saturated heterocycles. The van der Waals surface area contributed by atoms with Crippen molar-refractivity contribution in [3.8, 4) is 5.75 Å². The monoisotopic (exact) mass is 311 g/mol. The van der Waals surface area contributed by atoms with Crippen LogP contribution in [0.1, 0.15) is 16.7 Å². The summed E-state index contributed by atoms with van der Waals surface area (Å²) in [6.45, 7) is 2.14. The third-order valence-corrected chi connectivity index (χ3v) is 3.01. The van der Waals surface area contributed by atoms with Gasteiger partial charge in [0.05, 0.1) is 13.2 Å². The Bertz CT molecular complexity index is 642. The maximum atomic E-state index is 12.3. The SMILES string of the molecule is Cc1ccc(COCc2ccccc2OC(F)(F)F)c(N)c1. The number of ether oxygens (including phenoxy) is 2. The van der Waals surface area contributed by atoms with Gasteiger partial charge in [0, 0.05) is 16.8 Å². The fraction of sp³-hybridized carbons (Fsp3) is 0.250. The molecule has 0 atom stereocenters. The third kappa shape index (κ3) is 4.66. The highest BCUT2D eigenvalue weighted by molar-refractivity contribution is 5.48. The van der Waals surface area contributed by atoms with Gasteiger partial charge in [-0.25, -0.2) is 0 Å². The Morgan fingerprint density at radius 3 is 2.36 bits per heavy atom. The fourth-order valence-electron chi connectivity index (χ4n) is 1.96. The van der Waals surface area contributed by atoms with Crippen LogP contribution >= 0.6 is 0 Å². The van der Waals surface area contributed by atoms with Crippen LogP contribution in [0.3, 0.4) is 0 Å². The van der Waals surface area contributed by atoms with E-state index in [1.54, 1.807) is 6.07 Å². The van der Waals surface area contributed by atoms with Crippen LogP contribution in [0, 0.1) is 6.92 Å². The Labute approximate surface area is 126 Å². The lowest BCUT2D eigenvalue weighted by molar-refractivity contribution is -0.275. The van der Waals surface area contributed by atoms with Crippen molar-refractivity contribution in [3.63, 3.8) is 0 Å². The average molecular weight is 311 g/mol. The second kappa shape index (κ2) is 6.70. The van der Waals surface area contributed by atoms with E-state index in [1.165, 1.54) is 18.2 Å². The van der Waals surface area contributed by atoms with E-state index in [1.807, 2.05) is 25.1 Å². The van der Waals surface area contributed by atoms with Crippen LogP contribution in [0.2, 0.25) is 0 Å². The Balaban J connectivity index is 2.00. The van der Waals surface area contributed by atoms with E-state index in [-0.39, 0.29) is 19.0 Å². The minimum Gasteiger partial charge on any atom is -0.405 e. The summed E-state index contributed by atoms with van der Waals surface area (Å²) in [6, 6.07) is 11.4. The van der Waals surface area contributed by atoms with E-state index in [2.05, 4.69) is 4.74 Å². The van der Waals surface area contributed by atoms with Crippen molar-refractivity contribution in [2.45, 2.75) is 26.5 Å². The van der Waals surface area contributed by atoms with Gasteiger partial charge < -0.3 is 15.2 Å². The summed E-state index contributed by atoms with van der Waals surface area (Å²) in [5.41, 5.74) is 8.61. The van der Waals surface area contributed by atoms with Gasteiger partial charge >= 0.3 is 6.36 Å². The Morgan fingerprint density at radius 2 is 1.68 bits per heavy atom. The van der Waals surface area contributed by atoms with Gasteiger partial charge in [0.15, 0.2) is 0 Å². The molecule has 0 aromatic heterocycles. The van der Waals surface area contributed by atoms with Gasteiger partial charge in [-0.15, -0.1) is 13.2 Å². The summed E-state index contributed by atoms with van der Waals surface area (Å²) in [4.78, 5) is 0. The number of anilines is 1. The van der Waals surface area contributed by atoms with E-state index in [9.17, 15) is 13.2 Å². The van der Waals surface area contributed by atoms with E-state index < -0.39 is 6.36 Å². The molecule has 6 heteroatoms. The highest BCUT2D eigenvalue weighted by atomic mass is 19.4. The molecule has 0 unspecified atom stereocenters. The first-order chi connectivity index (χ1) is 10.3. The highest BCUT2D eigenvalue weighted by Crippen LogP contribution is 2.27. The van der Waals surface area contributed by atoms with Crippen LogP contribution in [0.4, 0.5) is 18.9 Å². The zero-order valence-electron chi connectivity index (χ0n) is 12.0. The number of nitrogen functional groups attached to an aromatic ring is 1. The number of rotatable bonds is 5. The predicted octanol–water partition coefficient (Wildman–Crippen LogP) is 4.19. The average Bonchev–Trinajstić information content (AvgIpc) is 2.41. The van der Waals surface area contributed by atoms with Gasteiger partial charge in [0.25, 0.3) is 0 Å². The summed E-state index contributed by atoms with van der Waals surface area (Å²) >= 11 is 0. The Hall–Kier alpha value is -2.21. The molecule has 0 saturated carbocycles. The van der Waals surface area contributed by atoms with Crippen molar-refractivity contribution >= 4 is 5.69 Å². The normalized spacial score (nSPS) is 11.5. The Morgan fingerprint density at radius 1 is 1.00 bits per heavy atom. The molecule has 2 N–H and O–H groups in total. The molecule has 0 fully saturated rings. The van der Waals surface area contributed by atoms with Gasteiger partial charge in [0.2, 0.25) is 0 Å². The molecule has 22 heavy (non-hydrogen) atoms. The molecular weight excluding hydrogens is 295 g/mol. The fourth-order valence-corrected chi connectivity index (χ4v) is 1.96. The quantitative estimate of drug-likeness (QED) is 0.842. The number of aryl methyl sites for hydroxylation is 1. The lowest BCUT2D eigenvalue weighted by Gasteiger charge is -2.13. The van der Waals surface area contributed by atoms with Crippen molar-refractivity contribution in [2.24, 2.45) is 0 Å². The zero-order valence-corrected chi connectivity index (χ0v) is 12.0. The summed E-state index contributed by atoms with van der Waals surface area (Å²) in [5, 5.41) is 0. The lowest BCUT2D eigenvalue weighted by atomic mass is 10.1. The number of hydrogen-bond acceptors (Lipinski definition) is 3. The summed E-state index contributed by atoms with van der Waals surface area (Å²) in [7, 11) is 0. The second-order valence-corrected chi connectivity index (χ2v) is 4.85. The third-order valence-electron chi connectivity index (χ3n) is 3.01. The minimum absolute atomic E-state index is 0.000427. The van der Waals surface area contributed by atoms with Crippen molar-refractivity contribution < 1.29 is 22.6 Å². The summed E-state index contributed by atoms with van der Waals surface area (Å²) in [6.07, 6.45) is -4.72. The van der Waals surface area contributed by atoms with Gasteiger partial charge in [0.1, 0.15) is 5.75 Å². The first-order valence-electron chi connectivity index (χ1n) is 6.61. The van der Waals surface area contributed by atoms with E-state index in [4.69, 9.17) is 10.5 Å². The first-order valence-corrected chi connectivity index (χ1v) is 6.61. The maximum absolute atomic E-state index is 12.3. The molecule has 2 aromatic rings. The lowest BCUT2D eigenvalue weighted by Crippen LogP contribution is -2.18. The molecule has 0 aliphatic rings. The molecule has 2 rings (SSSR count). The second-order valence-electron chi connectivity index (χ2n) is 4.85.